The van der Waals surface area contributed by atoms with Gasteiger partial charge in [0.2, 0.25) is 6.71 Å². The Morgan fingerprint density at radius 2 is 0.571 bits per heavy atom. The molecule has 5 aromatic heterocycles. The molecule has 0 saturated carbocycles. The second-order valence-corrected chi connectivity index (χ2v) is 30.9. The van der Waals surface area contributed by atoms with Crippen LogP contribution in [0.4, 0.5) is 0 Å². The predicted molar refractivity (Wildman–Crippen MR) is 480 cm³/mol. The van der Waals surface area contributed by atoms with Crippen LogP contribution < -0.4 is 10.9 Å². The van der Waals surface area contributed by atoms with Crippen molar-refractivity contribution in [2.75, 3.05) is 0 Å². The first-order chi connectivity index (χ1) is 53.8. The Bertz CT molecular complexity index is 4370. The van der Waals surface area contributed by atoms with Gasteiger partial charge in [0, 0.05) is 69.5 Å². The lowest BCUT2D eigenvalue weighted by Crippen LogP contribution is -2.49. The molecule has 0 bridgehead atoms. The van der Waals surface area contributed by atoms with Crippen molar-refractivity contribution in [2.24, 2.45) is 0 Å². The van der Waals surface area contributed by atoms with Crippen LogP contribution in [0.1, 0.15) is 200 Å². The number of rotatable bonds is 15. The SMILES string of the molecule is CC(C)c1cc(-c2ccccc2)nc(-c2ccccc2)c1.CC(C)c1ccccc1.CC(C)c1ccccn1.CC(C)c1cccnc1.CC(C)c1nc(-c2ccccc2)cc(-c2ccccc2)n1.CC(C)c1nc(-c2ccccc2)nc(-c2ccccc2)n1.Cc1cc(C)c(B(c2c(C)cc(C)cc2C)C(C)C)c(C)c1. The molecule has 0 atom stereocenters. The van der Waals surface area contributed by atoms with E-state index < -0.39 is 0 Å². The molecule has 14 rings (SSSR count). The maximum absolute atomic E-state index is 4.86. The second-order valence-electron chi connectivity index (χ2n) is 30.9. The Morgan fingerprint density at radius 1 is 0.250 bits per heavy atom. The molecule has 8 nitrogen and oxygen atoms in total. The summed E-state index contributed by atoms with van der Waals surface area (Å²) in [6, 6.07) is 97.7. The summed E-state index contributed by atoms with van der Waals surface area (Å²) in [5.74, 6) is 6.60. The molecule has 0 amide bonds. The molecule has 9 heteroatoms. The van der Waals surface area contributed by atoms with Crippen LogP contribution in [0.3, 0.4) is 0 Å². The fourth-order valence-corrected chi connectivity index (χ4v) is 13.2. The van der Waals surface area contributed by atoms with Crippen LogP contribution in [0.2, 0.25) is 5.82 Å². The van der Waals surface area contributed by atoms with Crippen LogP contribution in [0.5, 0.6) is 0 Å². The first kappa shape index (κ1) is 86.2. The third-order valence-electron chi connectivity index (χ3n) is 19.1. The average molecular weight is 1480 g/mol. The summed E-state index contributed by atoms with van der Waals surface area (Å²) in [5.41, 5.74) is 27.3. The maximum Gasteiger partial charge on any atom is 0.213 e. The summed E-state index contributed by atoms with van der Waals surface area (Å²) in [7, 11) is 0. The van der Waals surface area contributed by atoms with E-state index in [0.29, 0.717) is 42.1 Å². The monoisotopic (exact) mass is 1480 g/mol. The summed E-state index contributed by atoms with van der Waals surface area (Å²) in [5, 5.41) is 0. The molecule has 112 heavy (non-hydrogen) atoms. The summed E-state index contributed by atoms with van der Waals surface area (Å²) in [4.78, 5) is 36.3. The Hall–Kier alpha value is -11.4. The highest BCUT2D eigenvalue weighted by molar-refractivity contribution is 6.87. The molecular formula is C103H117BN8. The van der Waals surface area contributed by atoms with Crippen molar-refractivity contribution in [3.8, 4) is 67.8 Å². The minimum absolute atomic E-state index is 0.262. The second kappa shape index (κ2) is 43.8. The molecular weight excluding hydrogens is 1360 g/mol. The van der Waals surface area contributed by atoms with Crippen LogP contribution in [0.15, 0.2) is 304 Å². The number of hydrogen-bond acceptors (Lipinski definition) is 8. The molecule has 0 radical (unpaired) electrons. The van der Waals surface area contributed by atoms with E-state index in [2.05, 4.69) is 309 Å². The topological polar surface area (TPSA) is 103 Å². The van der Waals surface area contributed by atoms with Crippen LogP contribution >= 0.6 is 0 Å². The van der Waals surface area contributed by atoms with Crippen LogP contribution in [0.25, 0.3) is 67.8 Å². The van der Waals surface area contributed by atoms with Crippen molar-refractivity contribution in [1.82, 2.24) is 39.9 Å². The smallest absolute Gasteiger partial charge is 0.213 e. The summed E-state index contributed by atoms with van der Waals surface area (Å²) < 4.78 is 0. The molecule has 14 aromatic rings. The minimum Gasteiger partial charge on any atom is -0.264 e. The van der Waals surface area contributed by atoms with E-state index in [1.54, 1.807) is 6.20 Å². The van der Waals surface area contributed by atoms with Crippen molar-refractivity contribution >= 4 is 17.6 Å². The molecule has 0 aliphatic heterocycles. The lowest BCUT2D eigenvalue weighted by Gasteiger charge is -2.26. The molecule has 572 valence electrons. The zero-order chi connectivity index (χ0) is 80.6. The van der Waals surface area contributed by atoms with Crippen LogP contribution in [0, 0.1) is 41.5 Å². The van der Waals surface area contributed by atoms with E-state index in [0.717, 1.165) is 85.1 Å². The molecule has 0 fully saturated rings. The van der Waals surface area contributed by atoms with Crippen molar-refractivity contribution in [3.63, 3.8) is 0 Å². The summed E-state index contributed by atoms with van der Waals surface area (Å²) in [6.07, 6.45) is 5.53. The Kier molecular flexibility index (Phi) is 33.7. The number of nitrogens with zero attached hydrogens (tertiary/aromatic N) is 8. The zero-order valence-corrected chi connectivity index (χ0v) is 70.1. The largest absolute Gasteiger partial charge is 0.264 e. The third kappa shape index (κ3) is 26.4. The lowest BCUT2D eigenvalue weighted by molar-refractivity contribution is 0.766. The van der Waals surface area contributed by atoms with Gasteiger partial charge in [-0.1, -0.05) is 396 Å². The zero-order valence-electron chi connectivity index (χ0n) is 70.1. The standard InChI is InChI=1S/C21H29B.C20H19N.C19H18N2.C18H17N3.C9H12.2C8H11N/c1-13(2)22(20-16(5)9-14(3)10-17(20)6)21-18(7)11-15(4)12-19(21)8;1-15(2)18-13-19(16-9-5-3-6-10-16)21-20(14-18)17-11-7-4-8-12-17;1-14(2)19-20-17(15-9-5-3-6-10-15)13-18(21-19)16-11-7-4-8-12-16;1-13(2)16-19-17(14-9-5-3-6-10-14)21-18(20-16)15-11-7-4-8-12-15;1-8(2)9-6-4-3-5-7-9;1-7(2)8-4-3-5-9-6-8;1-7(2)8-5-3-4-6-9-8/h9-13H,1-8H3;3-15H,1-2H3;3-14H,1-2H3;3-13H,1-2H3;3-8H,1-2H3;2*3-7H,1-2H3. The van der Waals surface area contributed by atoms with Gasteiger partial charge in [0.1, 0.15) is 11.6 Å². The number of pyridine rings is 3. The predicted octanol–water partition coefficient (Wildman–Crippen LogP) is 26.6. The van der Waals surface area contributed by atoms with Gasteiger partial charge in [-0.2, -0.15) is 0 Å². The van der Waals surface area contributed by atoms with Gasteiger partial charge in [-0.3, -0.25) is 9.97 Å². The molecule has 0 spiro atoms. The molecule has 9 aromatic carbocycles. The van der Waals surface area contributed by atoms with Crippen LogP contribution in [-0.2, 0) is 0 Å². The van der Waals surface area contributed by atoms with E-state index in [1.165, 1.54) is 61.0 Å². The van der Waals surface area contributed by atoms with Crippen molar-refractivity contribution < 1.29 is 0 Å². The quantitative estimate of drug-likeness (QED) is 0.0935. The number of aromatic nitrogens is 8. The van der Waals surface area contributed by atoms with E-state index >= 15 is 0 Å². The number of aryl methyl sites for hydroxylation is 6. The first-order valence-electron chi connectivity index (χ1n) is 39.9. The first-order valence-corrected chi connectivity index (χ1v) is 39.9. The fourth-order valence-electron chi connectivity index (χ4n) is 13.2. The highest BCUT2D eigenvalue weighted by Crippen LogP contribution is 2.30. The molecule has 0 aliphatic carbocycles. The summed E-state index contributed by atoms with van der Waals surface area (Å²) in [6.45, 7) is 44.5. The van der Waals surface area contributed by atoms with E-state index in [-0.39, 0.29) is 5.92 Å². The molecule has 0 aliphatic rings. The van der Waals surface area contributed by atoms with E-state index in [9.17, 15) is 0 Å². The Morgan fingerprint density at radius 3 is 0.848 bits per heavy atom. The molecule has 5 heterocycles. The van der Waals surface area contributed by atoms with Gasteiger partial charge in [0.15, 0.2) is 11.6 Å². The molecule has 0 unspecified atom stereocenters. The van der Waals surface area contributed by atoms with Gasteiger partial charge in [0.25, 0.3) is 0 Å². The highest BCUT2D eigenvalue weighted by atomic mass is 15.0. The minimum atomic E-state index is 0.262. The highest BCUT2D eigenvalue weighted by Gasteiger charge is 2.29. The normalized spacial score (nSPS) is 10.7. The molecule has 0 saturated heterocycles. The Balaban J connectivity index is 0.000000169. The van der Waals surface area contributed by atoms with E-state index in [1.807, 2.05) is 152 Å². The summed E-state index contributed by atoms with van der Waals surface area (Å²) >= 11 is 0. The van der Waals surface area contributed by atoms with Gasteiger partial charge in [0.05, 0.1) is 22.8 Å². The Labute approximate surface area is 672 Å². The number of hydrogen-bond donors (Lipinski definition) is 0. The van der Waals surface area contributed by atoms with Crippen LogP contribution in [-0.4, -0.2) is 46.6 Å². The average Bonchev–Trinajstić information content (AvgIpc) is 0.773. The van der Waals surface area contributed by atoms with Gasteiger partial charge in [-0.05, 0) is 118 Å². The van der Waals surface area contributed by atoms with E-state index in [4.69, 9.17) is 15.0 Å². The maximum atomic E-state index is 4.86. The van der Waals surface area contributed by atoms with Gasteiger partial charge >= 0.3 is 0 Å². The van der Waals surface area contributed by atoms with Crippen molar-refractivity contribution in [1.29, 1.82) is 0 Å². The third-order valence-corrected chi connectivity index (χ3v) is 19.1. The lowest BCUT2D eigenvalue weighted by atomic mass is 9.32. The van der Waals surface area contributed by atoms with Gasteiger partial charge < -0.3 is 0 Å². The van der Waals surface area contributed by atoms with Crippen molar-refractivity contribution in [2.45, 2.75) is 180 Å². The number of benzene rings is 9. The molecule has 0 N–H and O–H groups in total. The van der Waals surface area contributed by atoms with Gasteiger partial charge in [-0.15, -0.1) is 0 Å². The van der Waals surface area contributed by atoms with Crippen molar-refractivity contribution in [3.05, 3.63) is 371 Å². The fraction of sp³-hybridized carbons (Fsp3) is 0.262. The van der Waals surface area contributed by atoms with Gasteiger partial charge in [-0.25, -0.2) is 29.9 Å².